The molecule has 0 bridgehead atoms. The quantitative estimate of drug-likeness (QED) is 0.179. The molecule has 10 nitrogen and oxygen atoms in total. The van der Waals surface area contributed by atoms with E-state index >= 15 is 0 Å². The van der Waals surface area contributed by atoms with Crippen LogP contribution in [0.5, 0.6) is 11.5 Å². The number of nitrogens with zero attached hydrogens (tertiary/aromatic N) is 2. The number of fused-ring (bicyclic) bond motifs is 1. The molecule has 0 aliphatic carbocycles. The average molecular weight is 427 g/mol. The lowest BCUT2D eigenvalue weighted by atomic mass is 10.1. The normalized spacial score (nSPS) is 13.1. The summed E-state index contributed by atoms with van der Waals surface area (Å²) in [4.78, 5) is 37.7. The first-order valence-electron chi connectivity index (χ1n) is 9.38. The minimum atomic E-state index is -1.12. The van der Waals surface area contributed by atoms with Gasteiger partial charge in [-0.2, -0.15) is 0 Å². The number of rotatable bonds is 9. The second-order valence-electron chi connectivity index (χ2n) is 6.71. The first kappa shape index (κ1) is 21.6. The Morgan fingerprint density at radius 3 is 2.65 bits per heavy atom. The highest BCUT2D eigenvalue weighted by Crippen LogP contribution is 2.28. The molecule has 2 aromatic rings. The third-order valence-corrected chi connectivity index (χ3v) is 4.64. The van der Waals surface area contributed by atoms with Crippen molar-refractivity contribution in [3.63, 3.8) is 0 Å². The zero-order chi connectivity index (χ0) is 22.5. The van der Waals surface area contributed by atoms with E-state index in [1.54, 1.807) is 25.1 Å². The van der Waals surface area contributed by atoms with E-state index in [0.29, 0.717) is 16.7 Å². The van der Waals surface area contributed by atoms with Crippen LogP contribution in [0.25, 0.3) is 0 Å². The molecule has 1 aliphatic rings. The molecule has 4 N–H and O–H groups in total. The largest absolute Gasteiger partial charge is 0.493 e. The summed E-state index contributed by atoms with van der Waals surface area (Å²) in [5, 5.41) is 20.5. The number of Topliss-reactive ketones (excluding diaryl/α,β-unsaturated/α-hetero) is 1. The number of amides is 1. The van der Waals surface area contributed by atoms with Crippen molar-refractivity contribution < 1.29 is 34.2 Å². The van der Waals surface area contributed by atoms with Gasteiger partial charge in [0.15, 0.2) is 18.2 Å². The molecule has 0 radical (unpaired) electrons. The van der Waals surface area contributed by atoms with E-state index in [0.717, 1.165) is 0 Å². The molecule has 1 amide bonds. The number of aliphatic carboxylic acids is 1. The number of carboxylic acid groups (broad SMARTS) is 1. The number of nitrogens with two attached hydrogens (primary N) is 1. The van der Waals surface area contributed by atoms with Crippen LogP contribution in [0.1, 0.15) is 38.8 Å². The Labute approximate surface area is 177 Å². The van der Waals surface area contributed by atoms with Gasteiger partial charge in [0, 0.05) is 23.7 Å². The van der Waals surface area contributed by atoms with Crippen LogP contribution in [-0.4, -0.2) is 58.5 Å². The Balaban J connectivity index is 1.77. The molecule has 0 saturated heterocycles. The molecule has 0 fully saturated rings. The van der Waals surface area contributed by atoms with E-state index in [1.165, 1.54) is 23.1 Å². The van der Waals surface area contributed by atoms with Gasteiger partial charge in [0.1, 0.15) is 11.5 Å². The van der Waals surface area contributed by atoms with Gasteiger partial charge in [-0.3, -0.25) is 9.59 Å². The molecule has 3 rings (SSSR count). The Bertz CT molecular complexity index is 1060. The molecular weight excluding hydrogens is 406 g/mol. The molecule has 2 aromatic carbocycles. The number of oxime groups is 1. The predicted molar refractivity (Wildman–Crippen MR) is 109 cm³/mol. The van der Waals surface area contributed by atoms with Gasteiger partial charge in [-0.15, -0.1) is 0 Å². The fraction of sp³-hybridized carbons (Fsp3) is 0.238. The fourth-order valence-corrected chi connectivity index (χ4v) is 3.23. The summed E-state index contributed by atoms with van der Waals surface area (Å²) < 4.78 is 10.6. The number of ketones is 1. The van der Waals surface area contributed by atoms with Crippen LogP contribution in [-0.2, 0) is 11.3 Å². The Morgan fingerprint density at radius 1 is 1.19 bits per heavy atom. The van der Waals surface area contributed by atoms with E-state index < -0.39 is 12.6 Å². The highest BCUT2D eigenvalue weighted by molar-refractivity contribution is 6.06. The van der Waals surface area contributed by atoms with E-state index in [-0.39, 0.29) is 54.3 Å². The number of hydrogen-bond acceptors (Lipinski definition) is 7. The van der Waals surface area contributed by atoms with Crippen molar-refractivity contribution in [3.05, 3.63) is 58.7 Å². The van der Waals surface area contributed by atoms with Gasteiger partial charge in [-0.25, -0.2) is 4.79 Å². The SMILES string of the molecule is CCOc1cc(OCC(=O)O)ccc1C(=O)CN1Cc2cc(/C(N)=N\O)ccc2C1=O. The molecule has 1 heterocycles. The highest BCUT2D eigenvalue weighted by Gasteiger charge is 2.30. The van der Waals surface area contributed by atoms with Crippen molar-refractivity contribution in [2.75, 3.05) is 19.8 Å². The lowest BCUT2D eigenvalue weighted by Gasteiger charge is -2.17. The van der Waals surface area contributed by atoms with Crippen molar-refractivity contribution in [3.8, 4) is 11.5 Å². The molecule has 10 heteroatoms. The average Bonchev–Trinajstić information content (AvgIpc) is 3.06. The maximum Gasteiger partial charge on any atom is 0.341 e. The van der Waals surface area contributed by atoms with E-state index in [9.17, 15) is 14.4 Å². The second-order valence-corrected chi connectivity index (χ2v) is 6.71. The standard InChI is InChI=1S/C21H21N3O7/c1-2-30-18-8-14(31-11-19(26)27)4-6-16(18)17(25)10-24-9-13-7-12(20(22)23-29)3-5-15(13)21(24)28/h3-8,29H,2,9-11H2,1H3,(H2,22,23)(H,26,27). The third kappa shape index (κ3) is 4.74. The Morgan fingerprint density at radius 2 is 1.97 bits per heavy atom. The molecule has 162 valence electrons. The number of carbonyl (C=O) groups excluding carboxylic acids is 2. The van der Waals surface area contributed by atoms with Gasteiger partial charge in [-0.05, 0) is 36.8 Å². The van der Waals surface area contributed by atoms with E-state index in [1.807, 2.05) is 0 Å². The lowest BCUT2D eigenvalue weighted by Crippen LogP contribution is -2.30. The van der Waals surface area contributed by atoms with Gasteiger partial charge >= 0.3 is 5.97 Å². The molecule has 0 saturated carbocycles. The van der Waals surface area contributed by atoms with Crippen LogP contribution in [0.2, 0.25) is 0 Å². The molecule has 0 spiro atoms. The van der Waals surface area contributed by atoms with Gasteiger partial charge in [0.2, 0.25) is 0 Å². The van der Waals surface area contributed by atoms with Crippen LogP contribution >= 0.6 is 0 Å². The summed E-state index contributed by atoms with van der Waals surface area (Å²) in [5.74, 6) is -1.34. The molecule has 31 heavy (non-hydrogen) atoms. The zero-order valence-corrected chi connectivity index (χ0v) is 16.7. The third-order valence-electron chi connectivity index (χ3n) is 4.64. The number of carbonyl (C=O) groups is 3. The summed E-state index contributed by atoms with van der Waals surface area (Å²) in [6.45, 7) is 1.54. The van der Waals surface area contributed by atoms with Gasteiger partial charge in [0.25, 0.3) is 5.91 Å². The van der Waals surface area contributed by atoms with Crippen molar-refractivity contribution >= 4 is 23.5 Å². The molecular formula is C21H21N3O7. The van der Waals surface area contributed by atoms with E-state index in [4.69, 9.17) is 25.5 Å². The summed E-state index contributed by atoms with van der Waals surface area (Å²) in [6, 6.07) is 9.20. The van der Waals surface area contributed by atoms with Crippen LogP contribution in [0.4, 0.5) is 0 Å². The number of amidine groups is 1. The number of benzene rings is 2. The number of carboxylic acids is 1. The van der Waals surface area contributed by atoms with Crippen LogP contribution in [0.15, 0.2) is 41.6 Å². The van der Waals surface area contributed by atoms with E-state index in [2.05, 4.69) is 5.16 Å². The van der Waals surface area contributed by atoms with Crippen molar-refractivity contribution in [1.29, 1.82) is 0 Å². The summed E-state index contributed by atoms with van der Waals surface area (Å²) in [5.41, 5.74) is 7.45. The van der Waals surface area contributed by atoms with Crippen molar-refractivity contribution in [1.82, 2.24) is 4.90 Å². The molecule has 1 aliphatic heterocycles. The molecule has 0 aromatic heterocycles. The van der Waals surface area contributed by atoms with Crippen LogP contribution in [0, 0.1) is 0 Å². The number of ether oxygens (including phenoxy) is 2. The fourth-order valence-electron chi connectivity index (χ4n) is 3.23. The predicted octanol–water partition coefficient (Wildman–Crippen LogP) is 1.48. The first-order chi connectivity index (χ1) is 14.8. The van der Waals surface area contributed by atoms with Gasteiger partial charge in [-0.1, -0.05) is 11.2 Å². The number of hydrogen-bond donors (Lipinski definition) is 3. The minimum Gasteiger partial charge on any atom is -0.493 e. The zero-order valence-electron chi connectivity index (χ0n) is 16.7. The van der Waals surface area contributed by atoms with Gasteiger partial charge < -0.3 is 30.4 Å². The summed E-state index contributed by atoms with van der Waals surface area (Å²) >= 11 is 0. The van der Waals surface area contributed by atoms with Crippen molar-refractivity contribution in [2.45, 2.75) is 13.5 Å². The molecule has 0 unspecified atom stereocenters. The van der Waals surface area contributed by atoms with Crippen LogP contribution < -0.4 is 15.2 Å². The molecule has 0 atom stereocenters. The maximum atomic E-state index is 12.9. The minimum absolute atomic E-state index is 0.0728. The Kier molecular flexibility index (Phi) is 6.39. The second kappa shape index (κ2) is 9.16. The monoisotopic (exact) mass is 427 g/mol. The maximum absolute atomic E-state index is 12.9. The summed E-state index contributed by atoms with van der Waals surface area (Å²) in [7, 11) is 0. The lowest BCUT2D eigenvalue weighted by molar-refractivity contribution is -0.139. The Hall–Kier alpha value is -4.08. The smallest absolute Gasteiger partial charge is 0.341 e. The first-order valence-corrected chi connectivity index (χ1v) is 9.38. The highest BCUT2D eigenvalue weighted by atomic mass is 16.5. The van der Waals surface area contributed by atoms with Crippen molar-refractivity contribution in [2.24, 2.45) is 10.9 Å². The summed E-state index contributed by atoms with van der Waals surface area (Å²) in [6.07, 6.45) is 0. The van der Waals surface area contributed by atoms with Crippen LogP contribution in [0.3, 0.4) is 0 Å². The van der Waals surface area contributed by atoms with Gasteiger partial charge in [0.05, 0.1) is 18.7 Å². The topological polar surface area (TPSA) is 152 Å².